The van der Waals surface area contributed by atoms with Gasteiger partial charge in [0.15, 0.2) is 0 Å². The van der Waals surface area contributed by atoms with Crippen molar-refractivity contribution in [3.63, 3.8) is 0 Å². The SMILES string of the molecule is O=C1c2ccc(-c3nc4ccccc4c(=O)o3)cc2C(=O)N1C[C@@H]1CCCO1. The number of benzene rings is 2. The number of hydrogen-bond acceptors (Lipinski definition) is 6. The minimum absolute atomic E-state index is 0.109. The molecule has 0 radical (unpaired) electrons. The van der Waals surface area contributed by atoms with Crippen LogP contribution in [0.1, 0.15) is 33.6 Å². The molecule has 2 aliphatic rings. The van der Waals surface area contributed by atoms with Gasteiger partial charge in [-0.3, -0.25) is 14.5 Å². The molecule has 0 spiro atoms. The normalized spacial score (nSPS) is 18.9. The summed E-state index contributed by atoms with van der Waals surface area (Å²) in [6.45, 7) is 0.912. The first-order valence-electron chi connectivity index (χ1n) is 9.14. The average molecular weight is 376 g/mol. The Labute approximate surface area is 159 Å². The van der Waals surface area contributed by atoms with E-state index in [2.05, 4.69) is 4.98 Å². The number of carbonyl (C=O) groups is 2. The minimum atomic E-state index is -0.497. The average Bonchev–Trinajstić information content (AvgIpc) is 3.31. The fourth-order valence-electron chi connectivity index (χ4n) is 3.72. The number of amides is 2. The van der Waals surface area contributed by atoms with Gasteiger partial charge in [-0.05, 0) is 43.2 Å². The second-order valence-electron chi connectivity index (χ2n) is 6.94. The van der Waals surface area contributed by atoms with Crippen molar-refractivity contribution >= 4 is 22.7 Å². The van der Waals surface area contributed by atoms with E-state index in [-0.39, 0.29) is 35.9 Å². The van der Waals surface area contributed by atoms with E-state index in [0.29, 0.717) is 28.6 Å². The Morgan fingerprint density at radius 2 is 1.86 bits per heavy atom. The maximum absolute atomic E-state index is 12.8. The summed E-state index contributed by atoms with van der Waals surface area (Å²) < 4.78 is 10.9. The van der Waals surface area contributed by atoms with Crippen molar-refractivity contribution in [1.29, 1.82) is 0 Å². The monoisotopic (exact) mass is 376 g/mol. The van der Waals surface area contributed by atoms with Crippen LogP contribution in [-0.2, 0) is 4.74 Å². The first kappa shape index (κ1) is 16.8. The van der Waals surface area contributed by atoms with Crippen molar-refractivity contribution in [2.24, 2.45) is 0 Å². The van der Waals surface area contributed by atoms with Crippen LogP contribution < -0.4 is 5.63 Å². The molecule has 0 N–H and O–H groups in total. The zero-order chi connectivity index (χ0) is 19.3. The van der Waals surface area contributed by atoms with Gasteiger partial charge in [-0.1, -0.05) is 12.1 Å². The Kier molecular flexibility index (Phi) is 3.84. The van der Waals surface area contributed by atoms with E-state index >= 15 is 0 Å². The fourth-order valence-corrected chi connectivity index (χ4v) is 3.72. The lowest BCUT2D eigenvalue weighted by Crippen LogP contribution is -2.36. The van der Waals surface area contributed by atoms with Crippen LogP contribution >= 0.6 is 0 Å². The van der Waals surface area contributed by atoms with Crippen LogP contribution in [0.25, 0.3) is 22.4 Å². The number of aromatic nitrogens is 1. The van der Waals surface area contributed by atoms with E-state index in [9.17, 15) is 14.4 Å². The van der Waals surface area contributed by atoms with E-state index < -0.39 is 5.63 Å². The summed E-state index contributed by atoms with van der Waals surface area (Å²) in [5.41, 5.74) is 1.12. The van der Waals surface area contributed by atoms with Gasteiger partial charge in [-0.25, -0.2) is 9.78 Å². The quantitative estimate of drug-likeness (QED) is 0.653. The van der Waals surface area contributed by atoms with Crippen molar-refractivity contribution in [3.05, 3.63) is 64.0 Å². The molecule has 2 amide bonds. The Morgan fingerprint density at radius 1 is 1.04 bits per heavy atom. The topological polar surface area (TPSA) is 89.7 Å². The highest BCUT2D eigenvalue weighted by Gasteiger charge is 2.37. The first-order valence-corrected chi connectivity index (χ1v) is 9.14. The molecule has 2 aliphatic heterocycles. The van der Waals surface area contributed by atoms with Crippen molar-refractivity contribution in [2.45, 2.75) is 18.9 Å². The summed E-state index contributed by atoms with van der Waals surface area (Å²) in [4.78, 5) is 43.3. The van der Waals surface area contributed by atoms with Gasteiger partial charge in [0.1, 0.15) is 0 Å². The summed E-state index contributed by atoms with van der Waals surface area (Å²) in [7, 11) is 0. The molecule has 3 aromatic rings. The van der Waals surface area contributed by atoms with Crippen LogP contribution in [0.2, 0.25) is 0 Å². The third-order valence-corrected chi connectivity index (χ3v) is 5.16. The van der Waals surface area contributed by atoms with Crippen LogP contribution in [0.5, 0.6) is 0 Å². The number of imide groups is 1. The van der Waals surface area contributed by atoms with Gasteiger partial charge in [0, 0.05) is 12.2 Å². The van der Waals surface area contributed by atoms with E-state index in [1.807, 2.05) is 0 Å². The lowest BCUT2D eigenvalue weighted by Gasteiger charge is -2.17. The second-order valence-corrected chi connectivity index (χ2v) is 6.94. The number of para-hydroxylation sites is 1. The molecule has 7 nitrogen and oxygen atoms in total. The van der Waals surface area contributed by atoms with Gasteiger partial charge in [-0.2, -0.15) is 0 Å². The van der Waals surface area contributed by atoms with Gasteiger partial charge >= 0.3 is 5.63 Å². The predicted molar refractivity (Wildman–Crippen MR) is 100 cm³/mol. The van der Waals surface area contributed by atoms with Crippen molar-refractivity contribution in [3.8, 4) is 11.5 Å². The van der Waals surface area contributed by atoms with Crippen LogP contribution in [0.4, 0.5) is 0 Å². The number of hydrogen-bond donors (Lipinski definition) is 0. The number of ether oxygens (including phenoxy) is 1. The van der Waals surface area contributed by atoms with Gasteiger partial charge < -0.3 is 9.15 Å². The van der Waals surface area contributed by atoms with Gasteiger partial charge in [0.25, 0.3) is 11.8 Å². The fraction of sp³-hybridized carbons (Fsp3) is 0.238. The summed E-state index contributed by atoms with van der Waals surface area (Å²) in [5, 5.41) is 0.390. The highest BCUT2D eigenvalue weighted by molar-refractivity contribution is 6.21. The van der Waals surface area contributed by atoms with Crippen molar-refractivity contribution < 1.29 is 18.7 Å². The van der Waals surface area contributed by atoms with E-state index in [1.165, 1.54) is 4.90 Å². The Bertz CT molecular complexity index is 1180. The van der Waals surface area contributed by atoms with Crippen LogP contribution in [0.15, 0.2) is 51.7 Å². The molecule has 2 aromatic carbocycles. The number of rotatable bonds is 3. The Balaban J connectivity index is 1.52. The molecule has 3 heterocycles. The molecule has 5 rings (SSSR count). The Morgan fingerprint density at radius 3 is 2.68 bits per heavy atom. The third-order valence-electron chi connectivity index (χ3n) is 5.16. The number of nitrogens with zero attached hydrogens (tertiary/aromatic N) is 2. The largest absolute Gasteiger partial charge is 0.403 e. The number of fused-ring (bicyclic) bond motifs is 2. The van der Waals surface area contributed by atoms with Crippen LogP contribution in [0.3, 0.4) is 0 Å². The van der Waals surface area contributed by atoms with Gasteiger partial charge in [0.2, 0.25) is 5.89 Å². The molecule has 140 valence electrons. The standard InChI is InChI=1S/C21H16N2O5/c24-19-14-8-7-12(18-22-17-6-2-1-5-15(17)21(26)28-18)10-16(14)20(25)23(19)11-13-4-3-9-27-13/h1-2,5-8,10,13H,3-4,9,11H2/t13-/m0/s1. The van der Waals surface area contributed by atoms with Gasteiger partial charge in [-0.15, -0.1) is 0 Å². The highest BCUT2D eigenvalue weighted by atomic mass is 16.5. The lowest BCUT2D eigenvalue weighted by molar-refractivity contribution is 0.0475. The summed E-state index contributed by atoms with van der Waals surface area (Å²) >= 11 is 0. The van der Waals surface area contributed by atoms with Crippen molar-refractivity contribution in [2.75, 3.05) is 13.2 Å². The summed E-state index contributed by atoms with van der Waals surface area (Å²) in [6, 6.07) is 11.7. The molecule has 0 aliphatic carbocycles. The smallest absolute Gasteiger partial charge is 0.347 e. The zero-order valence-corrected chi connectivity index (χ0v) is 14.9. The van der Waals surface area contributed by atoms with Crippen LogP contribution in [0, 0.1) is 0 Å². The lowest BCUT2D eigenvalue weighted by atomic mass is 10.1. The van der Waals surface area contributed by atoms with E-state index in [0.717, 1.165) is 12.8 Å². The Hall–Kier alpha value is -3.32. The molecule has 28 heavy (non-hydrogen) atoms. The summed E-state index contributed by atoms with van der Waals surface area (Å²) in [6.07, 6.45) is 1.66. The van der Waals surface area contributed by atoms with Crippen molar-refractivity contribution in [1.82, 2.24) is 9.88 Å². The molecule has 7 heteroatoms. The summed E-state index contributed by atoms with van der Waals surface area (Å²) in [5.74, 6) is -0.570. The molecule has 1 aromatic heterocycles. The predicted octanol–water partition coefficient (Wildman–Crippen LogP) is 2.63. The maximum Gasteiger partial charge on any atom is 0.347 e. The van der Waals surface area contributed by atoms with Crippen LogP contribution in [-0.4, -0.2) is 41.0 Å². The molecule has 0 bridgehead atoms. The third kappa shape index (κ3) is 2.63. The minimum Gasteiger partial charge on any atom is -0.403 e. The van der Waals surface area contributed by atoms with E-state index in [4.69, 9.17) is 9.15 Å². The molecule has 0 unspecified atom stereocenters. The molecular weight excluding hydrogens is 360 g/mol. The molecule has 1 atom stereocenters. The molecule has 0 saturated carbocycles. The molecule has 1 saturated heterocycles. The van der Waals surface area contributed by atoms with E-state index in [1.54, 1.807) is 42.5 Å². The molecule has 1 fully saturated rings. The first-order chi connectivity index (χ1) is 13.6. The second kappa shape index (κ2) is 6.38. The number of carbonyl (C=O) groups excluding carboxylic acids is 2. The highest BCUT2D eigenvalue weighted by Crippen LogP contribution is 2.29. The maximum atomic E-state index is 12.8. The zero-order valence-electron chi connectivity index (χ0n) is 14.9. The van der Waals surface area contributed by atoms with Gasteiger partial charge in [0.05, 0.1) is 34.7 Å². The molecular formula is C21H16N2O5.